The average molecular weight is 306 g/mol. The van der Waals surface area contributed by atoms with E-state index in [0.717, 1.165) is 11.3 Å². The van der Waals surface area contributed by atoms with E-state index in [1.807, 2.05) is 0 Å². The number of ether oxygens (including phenoxy) is 1. The standard InChI is InChI=1S/C15H18N2O5/c1-17-11-5-3-10(7-9(11)4-6-13(17)18)14(19)16-8-12(22-2)15(20)21/h3,5,7,12H,4,6,8H2,1-2H3,(H,16,19)(H,20,21). The fraction of sp³-hybridized carbons (Fsp3) is 0.400. The van der Waals surface area contributed by atoms with Crippen molar-refractivity contribution in [1.82, 2.24) is 5.32 Å². The highest BCUT2D eigenvalue weighted by Crippen LogP contribution is 2.27. The van der Waals surface area contributed by atoms with Crippen LogP contribution in [0.3, 0.4) is 0 Å². The van der Waals surface area contributed by atoms with E-state index >= 15 is 0 Å². The average Bonchev–Trinajstić information content (AvgIpc) is 2.50. The number of aryl methyl sites for hydroxylation is 1. The van der Waals surface area contributed by atoms with Gasteiger partial charge in [-0.15, -0.1) is 0 Å². The predicted octanol–water partition coefficient (Wildman–Crippen LogP) is 0.425. The molecule has 2 amide bonds. The fourth-order valence-electron chi connectivity index (χ4n) is 2.36. The SMILES string of the molecule is COC(CNC(=O)c1ccc2c(c1)CCC(=O)N2C)C(=O)O. The zero-order valence-electron chi connectivity index (χ0n) is 12.5. The lowest BCUT2D eigenvalue weighted by molar-refractivity contribution is -0.148. The molecule has 1 aromatic carbocycles. The zero-order chi connectivity index (χ0) is 16.3. The number of hydrogen-bond donors (Lipinski definition) is 2. The maximum atomic E-state index is 12.1. The Morgan fingerprint density at radius 2 is 2.14 bits per heavy atom. The second-order valence-electron chi connectivity index (χ2n) is 5.07. The molecule has 1 aliphatic heterocycles. The van der Waals surface area contributed by atoms with Gasteiger partial charge in [-0.1, -0.05) is 0 Å². The summed E-state index contributed by atoms with van der Waals surface area (Å²) in [5, 5.41) is 11.4. The van der Waals surface area contributed by atoms with Crippen LogP contribution in [0.15, 0.2) is 18.2 Å². The number of amides is 2. The molecule has 1 heterocycles. The van der Waals surface area contributed by atoms with Crippen LogP contribution >= 0.6 is 0 Å². The van der Waals surface area contributed by atoms with E-state index in [0.29, 0.717) is 18.4 Å². The van der Waals surface area contributed by atoms with E-state index in [-0.39, 0.29) is 18.4 Å². The van der Waals surface area contributed by atoms with E-state index in [2.05, 4.69) is 5.32 Å². The largest absolute Gasteiger partial charge is 0.479 e. The minimum Gasteiger partial charge on any atom is -0.479 e. The smallest absolute Gasteiger partial charge is 0.334 e. The zero-order valence-corrected chi connectivity index (χ0v) is 12.5. The number of hydrogen-bond acceptors (Lipinski definition) is 4. The molecule has 0 radical (unpaired) electrons. The highest BCUT2D eigenvalue weighted by atomic mass is 16.5. The number of methoxy groups -OCH3 is 1. The maximum absolute atomic E-state index is 12.1. The van der Waals surface area contributed by atoms with Gasteiger partial charge in [0.25, 0.3) is 5.91 Å². The number of anilines is 1. The second-order valence-corrected chi connectivity index (χ2v) is 5.07. The van der Waals surface area contributed by atoms with Gasteiger partial charge >= 0.3 is 5.97 Å². The Hall–Kier alpha value is -2.41. The Balaban J connectivity index is 2.09. The number of aliphatic carboxylic acids is 1. The molecular formula is C15H18N2O5. The molecule has 2 rings (SSSR count). The number of benzene rings is 1. The topological polar surface area (TPSA) is 95.9 Å². The lowest BCUT2D eigenvalue weighted by Crippen LogP contribution is -2.38. The van der Waals surface area contributed by atoms with Gasteiger partial charge in [0.2, 0.25) is 5.91 Å². The van der Waals surface area contributed by atoms with Gasteiger partial charge in [-0.2, -0.15) is 0 Å². The van der Waals surface area contributed by atoms with Crippen LogP contribution in [0.5, 0.6) is 0 Å². The number of carboxylic acids is 1. The van der Waals surface area contributed by atoms with Gasteiger partial charge in [0.15, 0.2) is 6.10 Å². The second kappa shape index (κ2) is 6.57. The van der Waals surface area contributed by atoms with Crippen LogP contribution in [-0.2, 0) is 20.7 Å². The lowest BCUT2D eigenvalue weighted by Gasteiger charge is -2.26. The Morgan fingerprint density at radius 1 is 1.41 bits per heavy atom. The number of nitrogens with zero attached hydrogens (tertiary/aromatic N) is 1. The number of carbonyl (C=O) groups excluding carboxylic acids is 2. The highest BCUT2D eigenvalue weighted by Gasteiger charge is 2.22. The molecular weight excluding hydrogens is 288 g/mol. The molecule has 7 nitrogen and oxygen atoms in total. The molecule has 0 spiro atoms. The summed E-state index contributed by atoms with van der Waals surface area (Å²) in [6, 6.07) is 5.08. The molecule has 2 N–H and O–H groups in total. The molecule has 1 unspecified atom stereocenters. The van der Waals surface area contributed by atoms with Gasteiger partial charge in [-0.05, 0) is 30.2 Å². The summed E-state index contributed by atoms with van der Waals surface area (Å²) in [6.07, 6.45) is -0.0697. The van der Waals surface area contributed by atoms with Gasteiger partial charge in [0.05, 0.1) is 6.54 Å². The van der Waals surface area contributed by atoms with Crippen LogP contribution in [-0.4, -0.2) is 49.7 Å². The van der Waals surface area contributed by atoms with Crippen molar-refractivity contribution < 1.29 is 24.2 Å². The molecule has 1 aromatic rings. The van der Waals surface area contributed by atoms with Crippen molar-refractivity contribution in [3.8, 4) is 0 Å². The summed E-state index contributed by atoms with van der Waals surface area (Å²) in [6.45, 7) is -0.111. The Morgan fingerprint density at radius 3 is 2.77 bits per heavy atom. The van der Waals surface area contributed by atoms with E-state index < -0.39 is 12.1 Å². The van der Waals surface area contributed by atoms with Crippen molar-refractivity contribution in [2.75, 3.05) is 25.6 Å². The van der Waals surface area contributed by atoms with E-state index in [9.17, 15) is 14.4 Å². The van der Waals surface area contributed by atoms with Crippen molar-refractivity contribution in [3.63, 3.8) is 0 Å². The van der Waals surface area contributed by atoms with Crippen LogP contribution < -0.4 is 10.2 Å². The monoisotopic (exact) mass is 306 g/mol. The number of fused-ring (bicyclic) bond motifs is 1. The summed E-state index contributed by atoms with van der Waals surface area (Å²) in [4.78, 5) is 36.1. The first kappa shape index (κ1) is 16.0. The summed E-state index contributed by atoms with van der Waals surface area (Å²) in [7, 11) is 2.98. The van der Waals surface area contributed by atoms with Crippen LogP contribution in [0.4, 0.5) is 5.69 Å². The van der Waals surface area contributed by atoms with Crippen LogP contribution in [0.1, 0.15) is 22.3 Å². The minimum absolute atomic E-state index is 0.0501. The van der Waals surface area contributed by atoms with Crippen LogP contribution in [0.2, 0.25) is 0 Å². The molecule has 0 aromatic heterocycles. The van der Waals surface area contributed by atoms with Crippen LogP contribution in [0.25, 0.3) is 0 Å². The summed E-state index contributed by atoms with van der Waals surface area (Å²) in [5.74, 6) is -1.45. The van der Waals surface area contributed by atoms with Crippen molar-refractivity contribution in [2.24, 2.45) is 0 Å². The van der Waals surface area contributed by atoms with Gasteiger partial charge in [0.1, 0.15) is 0 Å². The minimum atomic E-state index is -1.13. The number of nitrogens with one attached hydrogen (secondary N) is 1. The molecule has 1 atom stereocenters. The normalized spacial score (nSPS) is 15.2. The number of rotatable bonds is 5. The van der Waals surface area contributed by atoms with Crippen LogP contribution in [0, 0.1) is 0 Å². The van der Waals surface area contributed by atoms with Gasteiger partial charge in [0, 0.05) is 31.8 Å². The van der Waals surface area contributed by atoms with Gasteiger partial charge in [-0.3, -0.25) is 9.59 Å². The van der Waals surface area contributed by atoms with Crippen molar-refractivity contribution in [1.29, 1.82) is 0 Å². The lowest BCUT2D eigenvalue weighted by atomic mass is 9.99. The number of carbonyl (C=O) groups is 3. The third-order valence-electron chi connectivity index (χ3n) is 3.69. The molecule has 1 aliphatic rings. The summed E-state index contributed by atoms with van der Waals surface area (Å²) < 4.78 is 4.76. The van der Waals surface area contributed by atoms with Crippen molar-refractivity contribution in [3.05, 3.63) is 29.3 Å². The van der Waals surface area contributed by atoms with E-state index in [4.69, 9.17) is 9.84 Å². The van der Waals surface area contributed by atoms with E-state index in [1.165, 1.54) is 7.11 Å². The molecule has 7 heteroatoms. The quantitative estimate of drug-likeness (QED) is 0.822. The fourth-order valence-corrected chi connectivity index (χ4v) is 2.36. The summed E-state index contributed by atoms with van der Waals surface area (Å²) in [5.41, 5.74) is 2.16. The van der Waals surface area contributed by atoms with Gasteiger partial charge in [-0.25, -0.2) is 4.79 Å². The Labute approximate surface area is 127 Å². The van der Waals surface area contributed by atoms with Gasteiger partial charge < -0.3 is 20.1 Å². The third kappa shape index (κ3) is 3.25. The van der Waals surface area contributed by atoms with Crippen molar-refractivity contribution >= 4 is 23.5 Å². The van der Waals surface area contributed by atoms with E-state index in [1.54, 1.807) is 30.1 Å². The molecule has 0 fully saturated rings. The van der Waals surface area contributed by atoms with Crippen molar-refractivity contribution in [2.45, 2.75) is 18.9 Å². The molecule has 0 bridgehead atoms. The molecule has 118 valence electrons. The molecule has 0 aliphatic carbocycles. The first-order valence-corrected chi connectivity index (χ1v) is 6.87. The molecule has 0 saturated carbocycles. The first-order chi connectivity index (χ1) is 10.4. The highest BCUT2D eigenvalue weighted by molar-refractivity contribution is 5.99. The first-order valence-electron chi connectivity index (χ1n) is 6.87. The summed E-state index contributed by atoms with van der Waals surface area (Å²) >= 11 is 0. The third-order valence-corrected chi connectivity index (χ3v) is 3.69. The predicted molar refractivity (Wildman–Crippen MR) is 78.9 cm³/mol. The Bertz CT molecular complexity index is 614. The maximum Gasteiger partial charge on any atom is 0.334 e. The molecule has 22 heavy (non-hydrogen) atoms. The Kier molecular flexibility index (Phi) is 4.77. The number of carboxylic acid groups (broad SMARTS) is 1. The molecule has 0 saturated heterocycles.